The van der Waals surface area contributed by atoms with Gasteiger partial charge in [0.05, 0.1) is 6.61 Å². The number of ether oxygens (including phenoxy) is 1. The summed E-state index contributed by atoms with van der Waals surface area (Å²) in [5.74, 6) is 0.979. The fourth-order valence-electron chi connectivity index (χ4n) is 2.39. The standard InChI is InChI=1S/C15H23NO2/c1-2-13-3-5-14(6-4-13)18-15-7-9-16(10-8-15)11-12-17/h3-6,15,17H,2,7-12H2,1H3. The zero-order valence-electron chi connectivity index (χ0n) is 11.1. The third kappa shape index (κ3) is 3.72. The van der Waals surface area contributed by atoms with Crippen molar-refractivity contribution in [1.29, 1.82) is 0 Å². The van der Waals surface area contributed by atoms with E-state index in [1.807, 2.05) is 0 Å². The summed E-state index contributed by atoms with van der Waals surface area (Å²) in [5.41, 5.74) is 1.35. The lowest BCUT2D eigenvalue weighted by atomic mass is 10.1. The van der Waals surface area contributed by atoms with Gasteiger partial charge in [-0.25, -0.2) is 0 Å². The fourth-order valence-corrected chi connectivity index (χ4v) is 2.39. The number of aryl methyl sites for hydroxylation is 1. The lowest BCUT2D eigenvalue weighted by molar-refractivity contribution is 0.0889. The molecule has 1 aliphatic heterocycles. The first-order valence-corrected chi connectivity index (χ1v) is 6.90. The first-order chi connectivity index (χ1) is 8.81. The third-order valence-electron chi connectivity index (χ3n) is 3.59. The smallest absolute Gasteiger partial charge is 0.119 e. The molecule has 0 aliphatic carbocycles. The molecule has 1 aliphatic rings. The van der Waals surface area contributed by atoms with Gasteiger partial charge in [-0.2, -0.15) is 0 Å². The first-order valence-electron chi connectivity index (χ1n) is 6.90. The third-order valence-corrected chi connectivity index (χ3v) is 3.59. The molecule has 0 bridgehead atoms. The molecule has 3 heteroatoms. The van der Waals surface area contributed by atoms with Crippen LogP contribution >= 0.6 is 0 Å². The maximum Gasteiger partial charge on any atom is 0.119 e. The Labute approximate surface area is 109 Å². The van der Waals surface area contributed by atoms with Crippen molar-refractivity contribution in [2.24, 2.45) is 0 Å². The second kappa shape index (κ2) is 6.76. The molecule has 1 saturated heterocycles. The first kappa shape index (κ1) is 13.4. The van der Waals surface area contributed by atoms with Crippen molar-refractivity contribution in [3.8, 4) is 5.75 Å². The van der Waals surface area contributed by atoms with Crippen LogP contribution in [0.2, 0.25) is 0 Å². The lowest BCUT2D eigenvalue weighted by Crippen LogP contribution is -2.39. The van der Waals surface area contributed by atoms with Crippen LogP contribution in [0.5, 0.6) is 5.75 Å². The van der Waals surface area contributed by atoms with Crippen molar-refractivity contribution in [2.45, 2.75) is 32.3 Å². The fraction of sp³-hybridized carbons (Fsp3) is 0.600. The van der Waals surface area contributed by atoms with Crippen LogP contribution in [0.15, 0.2) is 24.3 Å². The predicted molar refractivity (Wildman–Crippen MR) is 73.0 cm³/mol. The van der Waals surface area contributed by atoms with Crippen molar-refractivity contribution in [3.05, 3.63) is 29.8 Å². The molecule has 1 heterocycles. The van der Waals surface area contributed by atoms with Gasteiger partial charge in [-0.15, -0.1) is 0 Å². The van der Waals surface area contributed by atoms with E-state index in [9.17, 15) is 0 Å². The summed E-state index contributed by atoms with van der Waals surface area (Å²) < 4.78 is 5.99. The summed E-state index contributed by atoms with van der Waals surface area (Å²) in [6.45, 7) is 5.26. The quantitative estimate of drug-likeness (QED) is 0.867. The van der Waals surface area contributed by atoms with Crippen molar-refractivity contribution in [1.82, 2.24) is 4.90 Å². The van der Waals surface area contributed by atoms with Crippen molar-refractivity contribution in [3.63, 3.8) is 0 Å². The highest BCUT2D eigenvalue weighted by atomic mass is 16.5. The minimum atomic E-state index is 0.254. The van der Waals surface area contributed by atoms with E-state index in [4.69, 9.17) is 9.84 Å². The van der Waals surface area contributed by atoms with Gasteiger partial charge in [0, 0.05) is 19.6 Å². The molecular weight excluding hydrogens is 226 g/mol. The topological polar surface area (TPSA) is 32.7 Å². The number of nitrogens with zero attached hydrogens (tertiary/aromatic N) is 1. The summed E-state index contributed by atoms with van der Waals surface area (Å²) in [7, 11) is 0. The molecule has 0 spiro atoms. The van der Waals surface area contributed by atoms with E-state index in [1.165, 1.54) is 5.56 Å². The summed E-state index contributed by atoms with van der Waals surface area (Å²) in [6, 6.07) is 8.41. The Morgan fingerprint density at radius 3 is 2.44 bits per heavy atom. The average molecular weight is 249 g/mol. The van der Waals surface area contributed by atoms with Gasteiger partial charge >= 0.3 is 0 Å². The Hall–Kier alpha value is -1.06. The zero-order chi connectivity index (χ0) is 12.8. The van der Waals surface area contributed by atoms with E-state index in [0.29, 0.717) is 6.10 Å². The normalized spacial score (nSPS) is 17.9. The highest BCUT2D eigenvalue weighted by Gasteiger charge is 2.19. The molecule has 0 radical (unpaired) electrons. The average Bonchev–Trinajstić information content (AvgIpc) is 2.42. The number of rotatable bonds is 5. The van der Waals surface area contributed by atoms with Crippen molar-refractivity contribution in [2.75, 3.05) is 26.2 Å². The Morgan fingerprint density at radius 2 is 1.89 bits per heavy atom. The molecule has 0 aromatic heterocycles. The number of piperidine rings is 1. The maximum atomic E-state index is 8.90. The molecule has 0 saturated carbocycles. The summed E-state index contributed by atoms with van der Waals surface area (Å²) in [6.07, 6.45) is 3.50. The number of hydrogen-bond acceptors (Lipinski definition) is 3. The van der Waals surface area contributed by atoms with Gasteiger partial charge in [-0.1, -0.05) is 19.1 Å². The van der Waals surface area contributed by atoms with E-state index in [0.717, 1.165) is 44.6 Å². The van der Waals surface area contributed by atoms with Gasteiger partial charge in [0.25, 0.3) is 0 Å². The zero-order valence-corrected chi connectivity index (χ0v) is 11.1. The van der Waals surface area contributed by atoms with Gasteiger partial charge in [0.1, 0.15) is 11.9 Å². The van der Waals surface area contributed by atoms with Crippen molar-refractivity contribution >= 4 is 0 Å². The number of aliphatic hydroxyl groups excluding tert-OH is 1. The van der Waals surface area contributed by atoms with E-state index in [2.05, 4.69) is 36.1 Å². The Kier molecular flexibility index (Phi) is 5.02. The predicted octanol–water partition coefficient (Wildman–Crippen LogP) is 2.08. The second-order valence-electron chi connectivity index (χ2n) is 4.88. The van der Waals surface area contributed by atoms with E-state index in [1.54, 1.807) is 0 Å². The monoisotopic (exact) mass is 249 g/mol. The Bertz CT molecular complexity index is 342. The van der Waals surface area contributed by atoms with Gasteiger partial charge in [0.2, 0.25) is 0 Å². The molecular formula is C15H23NO2. The number of likely N-dealkylation sites (tertiary alicyclic amines) is 1. The highest BCUT2D eigenvalue weighted by molar-refractivity contribution is 5.27. The Morgan fingerprint density at radius 1 is 1.22 bits per heavy atom. The SMILES string of the molecule is CCc1ccc(OC2CCN(CCO)CC2)cc1. The maximum absolute atomic E-state index is 8.90. The molecule has 0 amide bonds. The molecule has 1 aromatic carbocycles. The minimum Gasteiger partial charge on any atom is -0.490 e. The number of benzene rings is 1. The van der Waals surface area contributed by atoms with Crippen LogP contribution in [0.4, 0.5) is 0 Å². The molecule has 0 unspecified atom stereocenters. The Balaban J connectivity index is 1.80. The number of hydrogen-bond donors (Lipinski definition) is 1. The largest absolute Gasteiger partial charge is 0.490 e. The second-order valence-corrected chi connectivity index (χ2v) is 4.88. The summed E-state index contributed by atoms with van der Waals surface area (Å²) >= 11 is 0. The van der Waals surface area contributed by atoms with Gasteiger partial charge in [-0.05, 0) is 37.0 Å². The van der Waals surface area contributed by atoms with Gasteiger partial charge in [0.15, 0.2) is 0 Å². The van der Waals surface area contributed by atoms with Crippen LogP contribution in [0.25, 0.3) is 0 Å². The van der Waals surface area contributed by atoms with Gasteiger partial charge < -0.3 is 14.7 Å². The van der Waals surface area contributed by atoms with E-state index in [-0.39, 0.29) is 6.61 Å². The van der Waals surface area contributed by atoms with Crippen LogP contribution in [-0.4, -0.2) is 42.4 Å². The van der Waals surface area contributed by atoms with Crippen LogP contribution in [0.1, 0.15) is 25.3 Å². The molecule has 18 heavy (non-hydrogen) atoms. The van der Waals surface area contributed by atoms with Crippen LogP contribution < -0.4 is 4.74 Å². The summed E-state index contributed by atoms with van der Waals surface area (Å²) in [5, 5.41) is 8.90. The van der Waals surface area contributed by atoms with Crippen molar-refractivity contribution < 1.29 is 9.84 Å². The number of aliphatic hydroxyl groups is 1. The lowest BCUT2D eigenvalue weighted by Gasteiger charge is -2.31. The molecule has 100 valence electrons. The summed E-state index contributed by atoms with van der Waals surface area (Å²) in [4.78, 5) is 2.29. The highest BCUT2D eigenvalue weighted by Crippen LogP contribution is 2.19. The van der Waals surface area contributed by atoms with E-state index < -0.39 is 0 Å². The van der Waals surface area contributed by atoms with E-state index >= 15 is 0 Å². The number of β-amino-alcohol motifs (C(OH)–C–C–N with tert-alkyl or cyclic N) is 1. The molecule has 2 rings (SSSR count). The van der Waals surface area contributed by atoms with Crippen LogP contribution in [-0.2, 0) is 6.42 Å². The molecule has 1 fully saturated rings. The van der Waals surface area contributed by atoms with Crippen LogP contribution in [0, 0.1) is 0 Å². The molecule has 1 N–H and O–H groups in total. The molecule has 3 nitrogen and oxygen atoms in total. The van der Waals surface area contributed by atoms with Crippen LogP contribution in [0.3, 0.4) is 0 Å². The molecule has 0 atom stereocenters. The minimum absolute atomic E-state index is 0.254. The molecule has 1 aromatic rings. The van der Waals surface area contributed by atoms with Gasteiger partial charge in [-0.3, -0.25) is 0 Å².